The zero-order chi connectivity index (χ0) is 13.4. The van der Waals surface area contributed by atoms with Crippen LogP contribution in [0.2, 0.25) is 0 Å². The Morgan fingerprint density at radius 3 is 2.72 bits per heavy atom. The lowest BCUT2D eigenvalue weighted by Gasteiger charge is -2.06. The molecule has 2 N–H and O–H groups in total. The maximum Gasteiger partial charge on any atom is 0.258 e. The summed E-state index contributed by atoms with van der Waals surface area (Å²) >= 11 is 1.59. The van der Waals surface area contributed by atoms with Crippen molar-refractivity contribution in [3.63, 3.8) is 0 Å². The Hall–Kier alpha value is -0.630. The van der Waals surface area contributed by atoms with Gasteiger partial charge in [0.25, 0.3) is 10.0 Å². The summed E-state index contributed by atoms with van der Waals surface area (Å²) in [7, 11) is -3.46. The molecule has 0 aliphatic carbocycles. The van der Waals surface area contributed by atoms with Gasteiger partial charge in [0.1, 0.15) is 0 Å². The summed E-state index contributed by atoms with van der Waals surface area (Å²) in [4.78, 5) is 3.98. The molecule has 0 atom stereocenters. The summed E-state index contributed by atoms with van der Waals surface area (Å²) in [6.07, 6.45) is 3.52. The topological polar surface area (TPSA) is 71.1 Å². The second kappa shape index (κ2) is 7.73. The van der Waals surface area contributed by atoms with Gasteiger partial charge in [-0.25, -0.2) is 18.1 Å². The number of aromatic nitrogens is 1. The van der Waals surface area contributed by atoms with Crippen molar-refractivity contribution in [2.75, 3.05) is 25.1 Å². The van der Waals surface area contributed by atoms with E-state index < -0.39 is 10.0 Å². The number of rotatable bonds is 8. The predicted octanol–water partition coefficient (Wildman–Crippen LogP) is 0.832. The van der Waals surface area contributed by atoms with Crippen LogP contribution in [0.5, 0.6) is 0 Å². The van der Waals surface area contributed by atoms with E-state index >= 15 is 0 Å². The van der Waals surface area contributed by atoms with Crippen LogP contribution in [-0.2, 0) is 16.6 Å². The Morgan fingerprint density at radius 2 is 2.17 bits per heavy atom. The molecule has 0 saturated carbocycles. The molecule has 0 radical (unpaired) electrons. The van der Waals surface area contributed by atoms with Gasteiger partial charge in [0.05, 0.1) is 0 Å². The second-order valence-corrected chi connectivity index (χ2v) is 6.38. The molecule has 1 aromatic heterocycles. The van der Waals surface area contributed by atoms with Crippen molar-refractivity contribution in [1.29, 1.82) is 0 Å². The van der Waals surface area contributed by atoms with Crippen molar-refractivity contribution in [2.45, 2.75) is 18.5 Å². The third-order valence-electron chi connectivity index (χ3n) is 2.25. The molecule has 0 aromatic carbocycles. The highest BCUT2D eigenvalue weighted by Gasteiger charge is 2.14. The van der Waals surface area contributed by atoms with Crippen LogP contribution in [0.25, 0.3) is 0 Å². The quantitative estimate of drug-likeness (QED) is 0.694. The SMILES string of the molecule is CCNCc1ccc(S(=O)(=O)NCCSC)nc1. The summed E-state index contributed by atoms with van der Waals surface area (Å²) in [5.74, 6) is 0.748. The fourth-order valence-corrected chi connectivity index (χ4v) is 2.69. The normalized spacial score (nSPS) is 11.7. The highest BCUT2D eigenvalue weighted by atomic mass is 32.2. The second-order valence-electron chi connectivity index (χ2n) is 3.68. The molecule has 7 heteroatoms. The number of pyridine rings is 1. The summed E-state index contributed by atoms with van der Waals surface area (Å²) in [6, 6.07) is 3.31. The van der Waals surface area contributed by atoms with Gasteiger partial charge in [-0.3, -0.25) is 0 Å². The summed E-state index contributed by atoms with van der Waals surface area (Å²) < 4.78 is 26.2. The van der Waals surface area contributed by atoms with Gasteiger partial charge in [0.15, 0.2) is 5.03 Å². The molecule has 0 saturated heterocycles. The van der Waals surface area contributed by atoms with Gasteiger partial charge in [0.2, 0.25) is 0 Å². The Labute approximate surface area is 113 Å². The molecular weight excluding hydrogens is 270 g/mol. The molecule has 1 aromatic rings. The highest BCUT2D eigenvalue weighted by Crippen LogP contribution is 2.06. The smallest absolute Gasteiger partial charge is 0.258 e. The lowest BCUT2D eigenvalue weighted by molar-refractivity contribution is 0.580. The first-order chi connectivity index (χ1) is 8.60. The number of nitrogens with one attached hydrogen (secondary N) is 2. The molecule has 0 fully saturated rings. The Bertz CT molecular complexity index is 446. The predicted molar refractivity (Wildman–Crippen MR) is 75.2 cm³/mol. The van der Waals surface area contributed by atoms with Gasteiger partial charge in [-0.15, -0.1) is 0 Å². The number of hydrogen-bond acceptors (Lipinski definition) is 5. The van der Waals surface area contributed by atoms with E-state index in [9.17, 15) is 8.42 Å². The third kappa shape index (κ3) is 4.93. The molecule has 0 amide bonds. The lowest BCUT2D eigenvalue weighted by atomic mass is 10.3. The molecule has 18 heavy (non-hydrogen) atoms. The summed E-state index contributed by atoms with van der Waals surface area (Å²) in [5.41, 5.74) is 0.972. The van der Waals surface area contributed by atoms with E-state index in [1.54, 1.807) is 24.0 Å². The monoisotopic (exact) mass is 289 g/mol. The van der Waals surface area contributed by atoms with Crippen molar-refractivity contribution in [1.82, 2.24) is 15.0 Å². The summed E-state index contributed by atoms with van der Waals surface area (Å²) in [5, 5.41) is 3.23. The van der Waals surface area contributed by atoms with Gasteiger partial charge in [-0.2, -0.15) is 11.8 Å². The first-order valence-corrected chi connectivity index (χ1v) is 8.62. The molecule has 102 valence electrons. The number of hydrogen-bond donors (Lipinski definition) is 2. The summed E-state index contributed by atoms with van der Waals surface area (Å²) in [6.45, 7) is 4.01. The zero-order valence-electron chi connectivity index (χ0n) is 10.6. The minimum atomic E-state index is -3.46. The minimum Gasteiger partial charge on any atom is -0.313 e. The average molecular weight is 289 g/mol. The molecule has 0 aliphatic rings. The van der Waals surface area contributed by atoms with Crippen molar-refractivity contribution in [2.24, 2.45) is 0 Å². The fraction of sp³-hybridized carbons (Fsp3) is 0.545. The van der Waals surface area contributed by atoms with E-state index in [0.29, 0.717) is 13.1 Å². The number of thioether (sulfide) groups is 1. The average Bonchev–Trinajstić information content (AvgIpc) is 2.37. The van der Waals surface area contributed by atoms with E-state index in [1.807, 2.05) is 13.2 Å². The third-order valence-corrected chi connectivity index (χ3v) is 4.24. The Morgan fingerprint density at radius 1 is 1.39 bits per heavy atom. The van der Waals surface area contributed by atoms with Crippen molar-refractivity contribution in [3.8, 4) is 0 Å². The van der Waals surface area contributed by atoms with Crippen LogP contribution in [0.4, 0.5) is 0 Å². The highest BCUT2D eigenvalue weighted by molar-refractivity contribution is 7.98. The van der Waals surface area contributed by atoms with E-state index in [-0.39, 0.29) is 5.03 Å². The van der Waals surface area contributed by atoms with Crippen LogP contribution in [-0.4, -0.2) is 38.5 Å². The molecule has 5 nitrogen and oxygen atoms in total. The standard InChI is InChI=1S/C11H19N3O2S2/c1-3-12-8-10-4-5-11(13-9-10)18(15,16)14-6-7-17-2/h4-5,9,12,14H,3,6-8H2,1-2H3. The minimum absolute atomic E-state index is 0.0730. The molecule has 0 spiro atoms. The molecule has 0 unspecified atom stereocenters. The molecule has 0 aliphatic heterocycles. The van der Waals surface area contributed by atoms with E-state index in [1.165, 1.54) is 6.07 Å². The lowest BCUT2D eigenvalue weighted by Crippen LogP contribution is -2.26. The maximum atomic E-state index is 11.8. The zero-order valence-corrected chi connectivity index (χ0v) is 12.3. The maximum absolute atomic E-state index is 11.8. The van der Waals surface area contributed by atoms with Gasteiger partial charge < -0.3 is 5.32 Å². The van der Waals surface area contributed by atoms with Crippen LogP contribution >= 0.6 is 11.8 Å². The molecular formula is C11H19N3O2S2. The van der Waals surface area contributed by atoms with Crippen LogP contribution in [0, 0.1) is 0 Å². The Balaban J connectivity index is 2.65. The van der Waals surface area contributed by atoms with Crippen LogP contribution in [0.15, 0.2) is 23.4 Å². The largest absolute Gasteiger partial charge is 0.313 e. The van der Waals surface area contributed by atoms with Crippen molar-refractivity contribution < 1.29 is 8.42 Å². The number of nitrogens with zero attached hydrogens (tertiary/aromatic N) is 1. The molecule has 0 bridgehead atoms. The van der Waals surface area contributed by atoms with Crippen molar-refractivity contribution >= 4 is 21.8 Å². The van der Waals surface area contributed by atoms with Crippen LogP contribution < -0.4 is 10.0 Å². The van der Waals surface area contributed by atoms with Crippen LogP contribution in [0.1, 0.15) is 12.5 Å². The molecule has 1 heterocycles. The fourth-order valence-electron chi connectivity index (χ4n) is 1.30. The van der Waals surface area contributed by atoms with Gasteiger partial charge in [-0.05, 0) is 24.4 Å². The first-order valence-electron chi connectivity index (χ1n) is 5.74. The van der Waals surface area contributed by atoms with Crippen molar-refractivity contribution in [3.05, 3.63) is 23.9 Å². The number of sulfonamides is 1. The van der Waals surface area contributed by atoms with Gasteiger partial charge >= 0.3 is 0 Å². The van der Waals surface area contributed by atoms with E-state index in [0.717, 1.165) is 17.9 Å². The van der Waals surface area contributed by atoms with Gasteiger partial charge in [-0.1, -0.05) is 13.0 Å². The first kappa shape index (κ1) is 15.4. The van der Waals surface area contributed by atoms with Gasteiger partial charge in [0, 0.05) is 25.0 Å². The van der Waals surface area contributed by atoms with E-state index in [2.05, 4.69) is 15.0 Å². The van der Waals surface area contributed by atoms with Crippen LogP contribution in [0.3, 0.4) is 0 Å². The molecule has 1 rings (SSSR count). The van der Waals surface area contributed by atoms with E-state index in [4.69, 9.17) is 0 Å². The Kier molecular flexibility index (Phi) is 6.62.